The Kier molecular flexibility index (Phi) is 4.85. The number of benzene rings is 3. The zero-order valence-electron chi connectivity index (χ0n) is 14.1. The molecule has 2 nitrogen and oxygen atoms in total. The van der Waals surface area contributed by atoms with E-state index >= 15 is 0 Å². The molecule has 0 radical (unpaired) electrons. The minimum absolute atomic E-state index is 0. The summed E-state index contributed by atoms with van der Waals surface area (Å²) in [6.07, 6.45) is 1.90. The number of aromatic nitrogens is 1. The third-order valence-corrected chi connectivity index (χ3v) is 4.21. The number of hydrogen-bond donors (Lipinski definition) is 0. The van der Waals surface area contributed by atoms with Crippen LogP contribution in [-0.4, -0.2) is 0 Å². The maximum absolute atomic E-state index is 12.6. The largest absolute Gasteiger partial charge is 1.00 e. The first kappa shape index (κ1) is 17.2. The molecule has 0 saturated carbocycles. The second kappa shape index (κ2) is 7.07. The van der Waals surface area contributed by atoms with Crippen molar-refractivity contribution in [3.05, 3.63) is 92.1 Å². The molecule has 116 valence electrons. The van der Waals surface area contributed by atoms with E-state index in [1.54, 1.807) is 10.6 Å². The van der Waals surface area contributed by atoms with Crippen LogP contribution in [0.5, 0.6) is 5.75 Å². The molecule has 0 spiro atoms. The van der Waals surface area contributed by atoms with Crippen molar-refractivity contribution in [2.75, 3.05) is 0 Å². The van der Waals surface area contributed by atoms with E-state index in [-0.39, 0.29) is 24.6 Å². The van der Waals surface area contributed by atoms with Crippen LogP contribution in [0.25, 0.3) is 33.2 Å². The molecule has 0 saturated heterocycles. The van der Waals surface area contributed by atoms with E-state index in [1.807, 2.05) is 54.7 Å². The zero-order chi connectivity index (χ0) is 16.5. The second-order valence-corrected chi connectivity index (χ2v) is 5.84. The van der Waals surface area contributed by atoms with Gasteiger partial charge < -0.3 is 9.67 Å². The summed E-state index contributed by atoms with van der Waals surface area (Å²) in [6.45, 7) is 0. The normalized spacial score (nSPS) is 10.4. The molecule has 0 aliphatic carbocycles. The first-order valence-corrected chi connectivity index (χ1v) is 7.84. The Morgan fingerprint density at radius 1 is 0.680 bits per heavy atom. The molecule has 4 aromatic rings. The third-order valence-electron chi connectivity index (χ3n) is 4.21. The summed E-state index contributed by atoms with van der Waals surface area (Å²) in [5.41, 5.74) is 4.74. The summed E-state index contributed by atoms with van der Waals surface area (Å²) in [7, 11) is 4.01. The van der Waals surface area contributed by atoms with Gasteiger partial charge >= 0.3 is 18.9 Å². The van der Waals surface area contributed by atoms with E-state index < -0.39 is 0 Å². The van der Waals surface area contributed by atoms with Gasteiger partial charge in [-0.05, 0) is 27.6 Å². The smallest absolute Gasteiger partial charge is 0.877 e. The Morgan fingerprint density at radius 2 is 1.20 bits per heavy atom. The number of hydrogen-bond acceptors (Lipinski definition) is 1. The van der Waals surface area contributed by atoms with Crippen LogP contribution >= 0.6 is 0 Å². The summed E-state index contributed by atoms with van der Waals surface area (Å²) in [6, 6.07) is 25.9. The summed E-state index contributed by atoms with van der Waals surface area (Å²) in [5.74, 6) is -0.0130. The Balaban J connectivity index is 0.00000182. The van der Waals surface area contributed by atoms with Crippen LogP contribution in [0.1, 0.15) is 0 Å². The molecule has 0 fully saturated rings. The van der Waals surface area contributed by atoms with Crippen molar-refractivity contribution >= 4 is 10.9 Å². The van der Waals surface area contributed by atoms with Crippen LogP contribution in [0.3, 0.4) is 0 Å². The number of rotatable bonds is 2. The topological polar surface area (TPSA) is 26.9 Å². The molecule has 0 aliphatic heterocycles. The van der Waals surface area contributed by atoms with Gasteiger partial charge in [0.1, 0.15) is 5.52 Å². The van der Waals surface area contributed by atoms with Crippen LogP contribution in [-0.2, 0) is 0 Å². The van der Waals surface area contributed by atoms with Crippen molar-refractivity contribution in [1.29, 1.82) is 0 Å². The van der Waals surface area contributed by atoms with Gasteiger partial charge in [0, 0.05) is 7.05 Å². The van der Waals surface area contributed by atoms with Gasteiger partial charge in [-0.1, -0.05) is 84.6 Å². The standard InChI is InChI=1S/C22H17NO.Li/c1-23-15-20(17-10-6-3-7-11-17)13-19-12-18(14-21(24)22(19)23)16-8-4-2-5-9-16;/h2-15,24H,1H2;/q;+1/p-1. The Bertz CT molecular complexity index is 934. The molecule has 0 bridgehead atoms. The molecular formula is C22H16LiNO. The van der Waals surface area contributed by atoms with Gasteiger partial charge in [0.05, 0.1) is 6.20 Å². The molecule has 1 heterocycles. The van der Waals surface area contributed by atoms with Gasteiger partial charge in [-0.25, -0.2) is 0 Å². The molecule has 25 heavy (non-hydrogen) atoms. The van der Waals surface area contributed by atoms with Crippen molar-refractivity contribution in [1.82, 2.24) is 0 Å². The van der Waals surface area contributed by atoms with Crippen LogP contribution < -0.4 is 28.5 Å². The number of pyridine rings is 1. The molecular weight excluding hydrogens is 301 g/mol. The monoisotopic (exact) mass is 317 g/mol. The summed E-state index contributed by atoms with van der Waals surface area (Å²) in [5, 5.41) is 13.5. The van der Waals surface area contributed by atoms with Gasteiger partial charge in [-0.15, -0.1) is 0 Å². The molecule has 0 atom stereocenters. The van der Waals surface area contributed by atoms with Gasteiger partial charge in [0.15, 0.2) is 0 Å². The fourth-order valence-electron chi connectivity index (χ4n) is 3.07. The van der Waals surface area contributed by atoms with Gasteiger partial charge in [-0.3, -0.25) is 0 Å². The molecule has 3 heteroatoms. The van der Waals surface area contributed by atoms with Crippen molar-refractivity contribution < 1.29 is 28.5 Å². The number of nitrogens with zero attached hydrogens (tertiary/aromatic N) is 1. The molecule has 0 unspecified atom stereocenters. The fourth-order valence-corrected chi connectivity index (χ4v) is 3.07. The van der Waals surface area contributed by atoms with Gasteiger partial charge in [0.25, 0.3) is 0 Å². The van der Waals surface area contributed by atoms with E-state index in [0.717, 1.165) is 27.6 Å². The van der Waals surface area contributed by atoms with Crippen LogP contribution in [0.15, 0.2) is 85.1 Å². The molecule has 4 rings (SSSR count). The predicted octanol–water partition coefficient (Wildman–Crippen LogP) is 1.18. The molecule has 1 aromatic heterocycles. The zero-order valence-corrected chi connectivity index (χ0v) is 14.1. The predicted molar refractivity (Wildman–Crippen MR) is 95.2 cm³/mol. The third kappa shape index (κ3) is 3.28. The van der Waals surface area contributed by atoms with Crippen molar-refractivity contribution in [2.45, 2.75) is 0 Å². The molecule has 0 N–H and O–H groups in total. The summed E-state index contributed by atoms with van der Waals surface area (Å²) >= 11 is 0. The SMILES string of the molecule is [CH2-][n+]1cc(-c2ccccc2)cc2cc(-c3ccccc3)cc([O-])c21.[Li+]. The quantitative estimate of drug-likeness (QED) is 0.310. The molecule has 0 aliphatic rings. The molecule has 3 aromatic carbocycles. The number of fused-ring (bicyclic) bond motifs is 1. The van der Waals surface area contributed by atoms with Crippen molar-refractivity contribution in [2.24, 2.45) is 0 Å². The van der Waals surface area contributed by atoms with Crippen LogP contribution in [0.2, 0.25) is 0 Å². The second-order valence-electron chi connectivity index (χ2n) is 5.84. The maximum Gasteiger partial charge on any atom is 1.00 e. The van der Waals surface area contributed by atoms with Crippen molar-refractivity contribution in [3.8, 4) is 28.0 Å². The van der Waals surface area contributed by atoms with Crippen LogP contribution in [0, 0.1) is 7.05 Å². The van der Waals surface area contributed by atoms with E-state index in [9.17, 15) is 5.11 Å². The van der Waals surface area contributed by atoms with E-state index in [0.29, 0.717) is 5.52 Å². The van der Waals surface area contributed by atoms with Crippen molar-refractivity contribution in [3.63, 3.8) is 0 Å². The maximum atomic E-state index is 12.6. The van der Waals surface area contributed by atoms with E-state index in [4.69, 9.17) is 0 Å². The van der Waals surface area contributed by atoms with E-state index in [1.165, 1.54) is 0 Å². The Hall–Kier alpha value is -2.66. The van der Waals surface area contributed by atoms with E-state index in [2.05, 4.69) is 31.3 Å². The Morgan fingerprint density at radius 3 is 1.80 bits per heavy atom. The fraction of sp³-hybridized carbons (Fsp3) is 0. The van der Waals surface area contributed by atoms with Crippen LogP contribution in [0.4, 0.5) is 0 Å². The minimum Gasteiger partial charge on any atom is -0.877 e. The molecule has 0 amide bonds. The Labute approximate surface area is 159 Å². The summed E-state index contributed by atoms with van der Waals surface area (Å²) < 4.78 is 1.68. The average Bonchev–Trinajstić information content (AvgIpc) is 2.62. The first-order chi connectivity index (χ1) is 11.7. The van der Waals surface area contributed by atoms with Gasteiger partial charge in [0.2, 0.25) is 0 Å². The summed E-state index contributed by atoms with van der Waals surface area (Å²) in [4.78, 5) is 0. The first-order valence-electron chi connectivity index (χ1n) is 7.84. The average molecular weight is 317 g/mol. The minimum atomic E-state index is -0.0130. The van der Waals surface area contributed by atoms with Gasteiger partial charge in [-0.2, -0.15) is 0 Å².